The fraction of sp³-hybridized carbons (Fsp3) is 0.333. The van der Waals surface area contributed by atoms with Crippen LogP contribution in [0.3, 0.4) is 0 Å². The number of hydrogen-bond donors (Lipinski definition) is 2. The minimum atomic E-state index is -0.923. The number of nitrogens with one attached hydrogen (secondary N) is 2. The summed E-state index contributed by atoms with van der Waals surface area (Å²) >= 11 is 0. The molecule has 142 valence electrons. The fourth-order valence-electron chi connectivity index (χ4n) is 3.04. The van der Waals surface area contributed by atoms with Gasteiger partial charge in [0, 0.05) is 25.1 Å². The summed E-state index contributed by atoms with van der Waals surface area (Å²) in [6.45, 7) is 0.0875. The molecule has 3 rings (SSSR count). The van der Waals surface area contributed by atoms with Gasteiger partial charge in [0.25, 0.3) is 5.91 Å². The van der Waals surface area contributed by atoms with Gasteiger partial charge in [0.05, 0.1) is 5.56 Å². The lowest BCUT2D eigenvalue weighted by molar-refractivity contribution is -0.121. The summed E-state index contributed by atoms with van der Waals surface area (Å²) in [5, 5.41) is 5.54. The first-order valence-corrected chi connectivity index (χ1v) is 9.09. The molecule has 0 radical (unpaired) electrons. The molecule has 27 heavy (non-hydrogen) atoms. The molecule has 0 spiro atoms. The first kappa shape index (κ1) is 19.0. The molecule has 1 saturated carbocycles. The molecule has 1 aliphatic rings. The van der Waals surface area contributed by atoms with Gasteiger partial charge < -0.3 is 10.6 Å². The quantitative estimate of drug-likeness (QED) is 0.748. The van der Waals surface area contributed by atoms with Crippen LogP contribution in [0.4, 0.5) is 8.78 Å². The molecule has 1 aliphatic carbocycles. The molecule has 2 amide bonds. The van der Waals surface area contributed by atoms with Gasteiger partial charge in [-0.15, -0.1) is 0 Å². The van der Waals surface area contributed by atoms with Crippen LogP contribution in [0, 0.1) is 17.6 Å². The first-order valence-electron chi connectivity index (χ1n) is 9.09. The smallest absolute Gasteiger partial charge is 0.254 e. The molecular weight excluding hydrogens is 350 g/mol. The van der Waals surface area contributed by atoms with E-state index in [1.165, 1.54) is 5.56 Å². The van der Waals surface area contributed by atoms with E-state index in [0.29, 0.717) is 12.0 Å². The summed E-state index contributed by atoms with van der Waals surface area (Å²) in [5.74, 6) is -1.98. The van der Waals surface area contributed by atoms with Crippen LogP contribution >= 0.6 is 0 Å². The molecule has 2 aromatic rings. The van der Waals surface area contributed by atoms with E-state index in [0.717, 1.165) is 31.4 Å². The lowest BCUT2D eigenvalue weighted by Gasteiger charge is -2.18. The highest BCUT2D eigenvalue weighted by molar-refractivity contribution is 5.94. The normalized spacial score (nSPS) is 14.4. The largest absolute Gasteiger partial charge is 0.353 e. The Balaban J connectivity index is 1.46. The maximum Gasteiger partial charge on any atom is 0.254 e. The van der Waals surface area contributed by atoms with Crippen molar-refractivity contribution >= 4 is 11.8 Å². The number of carbonyl (C=O) groups excluding carboxylic acids is 2. The molecule has 4 nitrogen and oxygen atoms in total. The van der Waals surface area contributed by atoms with Gasteiger partial charge in [0.15, 0.2) is 0 Å². The Hall–Kier alpha value is -2.76. The summed E-state index contributed by atoms with van der Waals surface area (Å²) in [7, 11) is 0. The Morgan fingerprint density at radius 2 is 1.81 bits per heavy atom. The average Bonchev–Trinajstić information content (AvgIpc) is 3.47. The van der Waals surface area contributed by atoms with Crippen LogP contribution in [0.25, 0.3) is 0 Å². The minimum Gasteiger partial charge on any atom is -0.353 e. The maximum absolute atomic E-state index is 13.6. The van der Waals surface area contributed by atoms with Gasteiger partial charge >= 0.3 is 0 Å². The summed E-state index contributed by atoms with van der Waals surface area (Å²) in [5.41, 5.74) is 0.937. The standard InChI is InChI=1S/C21H22F2N2O2/c22-16-8-9-17(18(23)13-16)21(27)24-11-10-20(26)25-19(15-6-7-15)12-14-4-2-1-3-5-14/h1-5,8-9,13,15,19H,6-7,10-12H2,(H,24,27)(H,25,26). The summed E-state index contributed by atoms with van der Waals surface area (Å²) in [4.78, 5) is 24.2. The van der Waals surface area contributed by atoms with Gasteiger partial charge in [-0.25, -0.2) is 8.78 Å². The van der Waals surface area contributed by atoms with E-state index in [4.69, 9.17) is 0 Å². The van der Waals surface area contributed by atoms with E-state index in [9.17, 15) is 18.4 Å². The Kier molecular flexibility index (Phi) is 6.16. The Morgan fingerprint density at radius 3 is 2.48 bits per heavy atom. The Labute approximate surface area is 157 Å². The first-order chi connectivity index (χ1) is 13.0. The van der Waals surface area contributed by atoms with Crippen LogP contribution in [-0.4, -0.2) is 24.4 Å². The van der Waals surface area contributed by atoms with Gasteiger partial charge in [-0.2, -0.15) is 0 Å². The SMILES string of the molecule is O=C(CCNC(=O)c1ccc(F)cc1F)NC(Cc1ccccc1)C1CC1. The van der Waals surface area contributed by atoms with Crippen LogP contribution in [-0.2, 0) is 11.2 Å². The summed E-state index contributed by atoms with van der Waals surface area (Å²) < 4.78 is 26.5. The van der Waals surface area contributed by atoms with Gasteiger partial charge in [-0.05, 0) is 42.9 Å². The van der Waals surface area contributed by atoms with Crippen molar-refractivity contribution in [2.45, 2.75) is 31.7 Å². The second-order valence-electron chi connectivity index (χ2n) is 6.83. The Morgan fingerprint density at radius 1 is 1.07 bits per heavy atom. The highest BCUT2D eigenvalue weighted by Gasteiger charge is 2.32. The van der Waals surface area contributed by atoms with Crippen molar-refractivity contribution in [2.75, 3.05) is 6.54 Å². The molecule has 1 atom stereocenters. The predicted octanol–water partition coefficient (Wildman–Crippen LogP) is 3.22. The minimum absolute atomic E-state index is 0.0875. The summed E-state index contributed by atoms with van der Waals surface area (Å²) in [6, 6.07) is 12.9. The zero-order valence-corrected chi connectivity index (χ0v) is 14.9. The molecule has 2 aromatic carbocycles. The van der Waals surface area contributed by atoms with Crippen LogP contribution in [0.2, 0.25) is 0 Å². The molecule has 1 unspecified atom stereocenters. The monoisotopic (exact) mass is 372 g/mol. The van der Waals surface area contributed by atoms with E-state index in [1.807, 2.05) is 30.3 Å². The number of hydrogen-bond acceptors (Lipinski definition) is 2. The molecule has 6 heteroatoms. The number of halogens is 2. The third kappa shape index (κ3) is 5.61. The second-order valence-corrected chi connectivity index (χ2v) is 6.83. The average molecular weight is 372 g/mol. The van der Waals surface area contributed by atoms with Crippen LogP contribution in [0.5, 0.6) is 0 Å². The van der Waals surface area contributed by atoms with E-state index < -0.39 is 17.5 Å². The van der Waals surface area contributed by atoms with Gasteiger partial charge in [0.1, 0.15) is 11.6 Å². The molecule has 0 bridgehead atoms. The number of amides is 2. The lowest BCUT2D eigenvalue weighted by Crippen LogP contribution is -2.39. The molecule has 0 saturated heterocycles. The second kappa shape index (κ2) is 8.75. The number of benzene rings is 2. The summed E-state index contributed by atoms with van der Waals surface area (Å²) in [6.07, 6.45) is 3.10. The van der Waals surface area contributed by atoms with Gasteiger partial charge in [-0.1, -0.05) is 30.3 Å². The molecule has 0 aliphatic heterocycles. The fourth-order valence-corrected chi connectivity index (χ4v) is 3.04. The highest BCUT2D eigenvalue weighted by atomic mass is 19.1. The van der Waals surface area contributed by atoms with Crippen molar-refractivity contribution in [3.05, 3.63) is 71.3 Å². The molecular formula is C21H22F2N2O2. The van der Waals surface area contributed by atoms with Gasteiger partial charge in [0.2, 0.25) is 5.91 Å². The third-order valence-electron chi connectivity index (χ3n) is 4.65. The molecule has 0 aromatic heterocycles. The van der Waals surface area contributed by atoms with Gasteiger partial charge in [-0.3, -0.25) is 9.59 Å². The highest BCUT2D eigenvalue weighted by Crippen LogP contribution is 2.34. The third-order valence-corrected chi connectivity index (χ3v) is 4.65. The molecule has 0 heterocycles. The van der Waals surface area contributed by atoms with Crippen molar-refractivity contribution in [3.8, 4) is 0 Å². The van der Waals surface area contributed by atoms with Crippen LogP contribution in [0.15, 0.2) is 48.5 Å². The van der Waals surface area contributed by atoms with Crippen molar-refractivity contribution in [1.82, 2.24) is 10.6 Å². The van der Waals surface area contributed by atoms with Crippen molar-refractivity contribution in [2.24, 2.45) is 5.92 Å². The van der Waals surface area contributed by atoms with E-state index >= 15 is 0 Å². The zero-order valence-electron chi connectivity index (χ0n) is 14.9. The number of rotatable bonds is 8. The van der Waals surface area contributed by atoms with E-state index in [-0.39, 0.29) is 30.5 Å². The topological polar surface area (TPSA) is 58.2 Å². The predicted molar refractivity (Wildman–Crippen MR) is 98.1 cm³/mol. The van der Waals surface area contributed by atoms with E-state index in [2.05, 4.69) is 10.6 Å². The maximum atomic E-state index is 13.6. The lowest BCUT2D eigenvalue weighted by atomic mass is 10.0. The van der Waals surface area contributed by atoms with E-state index in [1.54, 1.807) is 0 Å². The van der Waals surface area contributed by atoms with Crippen LogP contribution < -0.4 is 10.6 Å². The molecule has 2 N–H and O–H groups in total. The van der Waals surface area contributed by atoms with Crippen LogP contribution in [0.1, 0.15) is 35.2 Å². The number of carbonyl (C=O) groups is 2. The Bertz CT molecular complexity index is 807. The zero-order chi connectivity index (χ0) is 19.2. The molecule has 1 fully saturated rings. The van der Waals surface area contributed by atoms with Crippen molar-refractivity contribution in [3.63, 3.8) is 0 Å². The van der Waals surface area contributed by atoms with Crippen molar-refractivity contribution < 1.29 is 18.4 Å². The van der Waals surface area contributed by atoms with Crippen molar-refractivity contribution in [1.29, 1.82) is 0 Å².